The summed E-state index contributed by atoms with van der Waals surface area (Å²) in [7, 11) is 5.02. The topological polar surface area (TPSA) is 410 Å². The minimum atomic E-state index is -2.27. The van der Waals surface area contributed by atoms with E-state index < -0.39 is 105 Å². The summed E-state index contributed by atoms with van der Waals surface area (Å²) in [5, 5.41) is 94.5. The van der Waals surface area contributed by atoms with Crippen molar-refractivity contribution in [2.45, 2.75) is 112 Å². The van der Waals surface area contributed by atoms with Crippen LogP contribution in [-0.2, 0) is 55.5 Å². The van der Waals surface area contributed by atoms with Gasteiger partial charge in [0.05, 0.1) is 31.7 Å². The molecule has 3 aromatic carbocycles. The van der Waals surface area contributed by atoms with Gasteiger partial charge in [0, 0.05) is 109 Å². The number of ether oxygens (including phenoxy) is 3. The van der Waals surface area contributed by atoms with Crippen molar-refractivity contribution in [3.63, 3.8) is 0 Å². The number of nitro groups is 1. The number of amides is 1. The van der Waals surface area contributed by atoms with Gasteiger partial charge in [-0.3, -0.25) is 34.3 Å². The molecule has 5 unspecified atom stereocenters. The van der Waals surface area contributed by atoms with Crippen LogP contribution in [-0.4, -0.2) is 216 Å². The highest BCUT2D eigenvalue weighted by molar-refractivity contribution is 5.96. The minimum absolute atomic E-state index is 0.00599. The molecule has 6 aliphatic rings. The number of carbonyl (C=O) groups is 7. The normalized spacial score (nSPS) is 27.9. The summed E-state index contributed by atoms with van der Waals surface area (Å²) in [5.41, 5.74) is 1.50. The van der Waals surface area contributed by atoms with Gasteiger partial charge >= 0.3 is 35.8 Å². The van der Waals surface area contributed by atoms with Crippen LogP contribution in [0.3, 0.4) is 0 Å². The van der Waals surface area contributed by atoms with E-state index in [2.05, 4.69) is 75.3 Å². The maximum absolute atomic E-state index is 15.5. The molecule has 2 bridgehead atoms. The Balaban J connectivity index is 0.000000421. The number of anilines is 1. The Kier molecular flexibility index (Phi) is 18.7. The van der Waals surface area contributed by atoms with Crippen molar-refractivity contribution >= 4 is 64.0 Å². The first-order valence-corrected chi connectivity index (χ1v) is 28.2. The largest absolute Gasteiger partial charge is 0.496 e. The Morgan fingerprint density at radius 2 is 1.47 bits per heavy atom. The van der Waals surface area contributed by atoms with E-state index in [-0.39, 0.29) is 29.8 Å². The molecule has 1 amide bonds. The van der Waals surface area contributed by atoms with Crippen molar-refractivity contribution in [3.05, 3.63) is 123 Å². The lowest BCUT2D eigenvalue weighted by atomic mass is 9.47. The van der Waals surface area contributed by atoms with Crippen molar-refractivity contribution < 1.29 is 98.7 Å². The summed E-state index contributed by atoms with van der Waals surface area (Å²) in [4.78, 5) is 104. The van der Waals surface area contributed by atoms with Crippen LogP contribution >= 0.6 is 0 Å². The predicted molar refractivity (Wildman–Crippen MR) is 307 cm³/mol. The van der Waals surface area contributed by atoms with Gasteiger partial charge in [-0.15, -0.1) is 0 Å². The van der Waals surface area contributed by atoms with E-state index in [9.17, 15) is 44.0 Å². The molecule has 27 heteroatoms. The number of para-hydroxylation sites is 1. The molecule has 1 aliphatic carbocycles. The molecule has 1 spiro atoms. The first-order chi connectivity index (χ1) is 41.1. The highest BCUT2D eigenvalue weighted by atomic mass is 16.6. The van der Waals surface area contributed by atoms with Gasteiger partial charge in [0.15, 0.2) is 24.4 Å². The fourth-order valence-corrected chi connectivity index (χ4v) is 14.6. The van der Waals surface area contributed by atoms with Gasteiger partial charge in [0.2, 0.25) is 0 Å². The van der Waals surface area contributed by atoms with E-state index in [1.54, 1.807) is 7.11 Å². The number of esters is 2. The number of methoxy groups -OCH3 is 2. The zero-order valence-electron chi connectivity index (χ0n) is 48.6. The Morgan fingerprint density at radius 3 is 2.02 bits per heavy atom. The molecular formula is C60H72N6O21. The molecule has 10 rings (SSSR count). The second kappa shape index (κ2) is 25.2. The van der Waals surface area contributed by atoms with Crippen molar-refractivity contribution in [1.29, 1.82) is 0 Å². The Morgan fingerprint density at radius 1 is 0.851 bits per heavy atom. The molecule has 5 aliphatic heterocycles. The summed E-state index contributed by atoms with van der Waals surface area (Å²) in [6.07, 6.45) is -0.469. The van der Waals surface area contributed by atoms with Gasteiger partial charge in [-0.1, -0.05) is 55.8 Å². The first kappa shape index (κ1) is 64.7. The number of aromatic amines is 1. The summed E-state index contributed by atoms with van der Waals surface area (Å²) >= 11 is 0. The molecule has 6 heterocycles. The smallest absolute Gasteiger partial charge is 0.335 e. The number of carbonyl (C=O) groups excluding carboxylic acids is 3. The van der Waals surface area contributed by atoms with Gasteiger partial charge in [0.1, 0.15) is 22.9 Å². The predicted octanol–water partition coefficient (Wildman–Crippen LogP) is 1.72. The van der Waals surface area contributed by atoms with Crippen LogP contribution < -0.4 is 15.0 Å². The number of hydrogen-bond donors (Lipinski definition) is 11. The average molecular weight is 1210 g/mol. The standard InChI is InChI=1S/C52H60N6O9.2C4H6O6/c1-7-32-24-33-27-51(48(61)66-6,43-37(18-22-56(28-32)29-33)36-12-9-10-13-40(36)54-43)39-25-38-41(26-42(39)65-5)55(4)46-50(38)20-23-57-21-11-19-49(8-2,45(50)57)47(67-31(3)59)52(46,62)30-53-44(60)34-14-16-35(17-15-34)58(63)64;2*5-1(3(7)8)2(6)4(9)10/h9-17,19,24-26,33,45-47,54,62H,7-8,18,20-23,27-30H2,1-6H3,(H,53,60);2*1-2,5-6H,(H,7,8)(H,9,10)/t33-,45-,46+,47+,49+,50+,51-,52-;;/m0../s1. The van der Waals surface area contributed by atoms with E-state index in [0.717, 1.165) is 59.5 Å². The zero-order valence-corrected chi connectivity index (χ0v) is 48.6. The highest BCUT2D eigenvalue weighted by Gasteiger charge is 2.78. The summed E-state index contributed by atoms with van der Waals surface area (Å²) in [5.74, 6) is -8.09. The molecule has 1 saturated heterocycles. The molecule has 1 aromatic heterocycles. The Hall–Kier alpha value is -8.31. The van der Waals surface area contributed by atoms with Crippen LogP contribution in [0.25, 0.3) is 10.9 Å². The number of non-ortho nitro benzene ring substituents is 1. The zero-order chi connectivity index (χ0) is 63.8. The summed E-state index contributed by atoms with van der Waals surface area (Å²) in [6, 6.07) is 16.7. The van der Waals surface area contributed by atoms with E-state index in [1.807, 2.05) is 25.2 Å². The maximum atomic E-state index is 15.5. The molecule has 87 heavy (non-hydrogen) atoms. The van der Waals surface area contributed by atoms with E-state index in [0.29, 0.717) is 50.1 Å². The molecule has 1 saturated carbocycles. The van der Waals surface area contributed by atoms with Crippen LogP contribution in [0.15, 0.2) is 84.5 Å². The van der Waals surface area contributed by atoms with Gasteiger partial charge < -0.3 is 75.4 Å². The van der Waals surface area contributed by atoms with Crippen molar-refractivity contribution in [2.24, 2.45) is 11.3 Å². The monoisotopic (exact) mass is 1210 g/mol. The Labute approximate surface area is 498 Å². The van der Waals surface area contributed by atoms with E-state index in [4.69, 9.17) is 55.1 Å². The number of aliphatic carboxylic acids is 4. The number of aliphatic hydroxyl groups excluding tert-OH is 4. The highest BCUT2D eigenvalue weighted by Crippen LogP contribution is 2.68. The number of aliphatic hydroxyl groups is 5. The number of nitro benzene ring substituents is 1. The lowest BCUT2D eigenvalue weighted by molar-refractivity contribution is -0.384. The number of fused-ring (bicyclic) bond motifs is 6. The fourth-order valence-electron chi connectivity index (χ4n) is 14.6. The number of benzene rings is 3. The number of aromatic nitrogens is 1. The number of nitrogens with one attached hydrogen (secondary N) is 2. The third-order valence-electron chi connectivity index (χ3n) is 18.1. The van der Waals surface area contributed by atoms with Crippen LogP contribution in [0.1, 0.15) is 79.2 Å². The number of hydrogen-bond acceptors (Lipinski definition) is 20. The second-order valence-corrected chi connectivity index (χ2v) is 22.8. The van der Waals surface area contributed by atoms with Gasteiger partial charge in [-0.2, -0.15) is 0 Å². The SMILES string of the molecule is CCC1=C[C@@H]2CN(CCc3c([nH]c4ccccc34)[C@@](C(=O)OC)(c3cc4c(cc3OC)N(C)[C@H]3[C@@](O)(CNC(=O)c5ccc([N+](=O)[O-])cc5)[C@H](OC(C)=O)[C@]5(CC)C=CCN6CC[C@]43[C@@H]65)C2)C1.O=C(O)C(O)C(O)C(=O)O.O=C(O)C(O)C(O)C(=O)O. The van der Waals surface area contributed by atoms with Gasteiger partial charge in [0.25, 0.3) is 11.6 Å². The number of carboxylic acid groups (broad SMARTS) is 4. The van der Waals surface area contributed by atoms with Crippen LogP contribution in [0, 0.1) is 21.4 Å². The molecule has 13 atom stereocenters. The van der Waals surface area contributed by atoms with E-state index >= 15 is 4.79 Å². The maximum Gasteiger partial charge on any atom is 0.335 e. The molecule has 0 radical (unpaired) electrons. The molecule has 27 nitrogen and oxygen atoms in total. The average Bonchev–Trinajstić information content (AvgIpc) is 1.52. The fraction of sp³-hybridized carbons (Fsp3) is 0.483. The number of H-pyrrole nitrogens is 1. The van der Waals surface area contributed by atoms with Crippen molar-refractivity contribution in [2.75, 3.05) is 65.4 Å². The molecule has 4 aromatic rings. The second-order valence-electron chi connectivity index (χ2n) is 22.8. The number of carboxylic acids is 4. The van der Waals surface area contributed by atoms with Crippen LogP contribution in [0.5, 0.6) is 5.75 Å². The van der Waals surface area contributed by atoms with Gasteiger partial charge in [-0.05, 0) is 80.0 Å². The molecule has 11 N–H and O–H groups in total. The number of likely N-dealkylation sites (N-methyl/N-ethyl adjacent to an activating group) is 1. The third-order valence-corrected chi connectivity index (χ3v) is 18.1. The van der Waals surface area contributed by atoms with Crippen molar-refractivity contribution in [3.8, 4) is 5.75 Å². The summed E-state index contributed by atoms with van der Waals surface area (Å²) < 4.78 is 18.9. The first-order valence-electron chi connectivity index (χ1n) is 28.2. The third kappa shape index (κ3) is 11.3. The van der Waals surface area contributed by atoms with Crippen molar-refractivity contribution in [1.82, 2.24) is 20.1 Å². The molecular weight excluding hydrogens is 1140 g/mol. The van der Waals surface area contributed by atoms with Gasteiger partial charge in [-0.25, -0.2) is 19.2 Å². The quantitative estimate of drug-likeness (QED) is 0.0329. The number of nitrogens with zero attached hydrogens (tertiary/aromatic N) is 4. The minimum Gasteiger partial charge on any atom is -0.496 e. The van der Waals surface area contributed by atoms with Crippen LogP contribution in [0.2, 0.25) is 0 Å². The Bertz CT molecular complexity index is 3350. The molecule has 468 valence electrons. The lowest BCUT2D eigenvalue weighted by Gasteiger charge is -2.64. The molecule has 2 fully saturated rings. The summed E-state index contributed by atoms with van der Waals surface area (Å²) in [6.45, 7) is 9.09. The number of rotatable bonds is 16. The van der Waals surface area contributed by atoms with Crippen LogP contribution in [0.4, 0.5) is 11.4 Å². The lowest BCUT2D eigenvalue weighted by Crippen LogP contribution is -2.81. The van der Waals surface area contributed by atoms with E-state index in [1.165, 1.54) is 43.9 Å².